The minimum Gasteiger partial charge on any atom is -0.385 e. The van der Waals surface area contributed by atoms with Crippen molar-refractivity contribution in [3.63, 3.8) is 0 Å². The van der Waals surface area contributed by atoms with Crippen LogP contribution in [0.5, 0.6) is 0 Å². The van der Waals surface area contributed by atoms with Crippen LogP contribution in [0.25, 0.3) is 0 Å². The first kappa shape index (κ1) is 22.8. The lowest BCUT2D eigenvalue weighted by molar-refractivity contribution is -0.147. The SMILES string of the molecule is COCCCOC1CN(C(=O)[C@H](CC(C)C)NS(=O)(=O)c2ccc(C)cc2)C1. The molecule has 1 aromatic carbocycles. The smallest absolute Gasteiger partial charge is 0.241 e. The van der Waals surface area contributed by atoms with Crippen LogP contribution in [0.3, 0.4) is 0 Å². The van der Waals surface area contributed by atoms with E-state index in [1.165, 1.54) is 0 Å². The van der Waals surface area contributed by atoms with E-state index in [9.17, 15) is 13.2 Å². The van der Waals surface area contributed by atoms with Crippen LogP contribution in [0, 0.1) is 12.8 Å². The zero-order valence-corrected chi connectivity index (χ0v) is 18.0. The number of likely N-dealkylation sites (tertiary alicyclic amines) is 1. The summed E-state index contributed by atoms with van der Waals surface area (Å²) in [5.74, 6) is -0.0156. The number of nitrogens with zero attached hydrogens (tertiary/aromatic N) is 1. The highest BCUT2D eigenvalue weighted by Gasteiger charge is 2.37. The fraction of sp³-hybridized carbons (Fsp3) is 0.650. The first-order chi connectivity index (χ1) is 13.2. The van der Waals surface area contributed by atoms with Gasteiger partial charge in [-0.05, 0) is 37.8 Å². The average Bonchev–Trinajstić information content (AvgIpc) is 2.58. The number of methoxy groups -OCH3 is 1. The van der Waals surface area contributed by atoms with Crippen molar-refractivity contribution in [2.24, 2.45) is 5.92 Å². The van der Waals surface area contributed by atoms with Crippen LogP contribution in [-0.4, -0.2) is 64.8 Å². The molecule has 158 valence electrons. The number of rotatable bonds is 11. The van der Waals surface area contributed by atoms with Gasteiger partial charge in [-0.1, -0.05) is 31.5 Å². The summed E-state index contributed by atoms with van der Waals surface area (Å²) in [5.41, 5.74) is 0.978. The molecule has 8 heteroatoms. The maximum absolute atomic E-state index is 12.9. The maximum atomic E-state index is 12.9. The third kappa shape index (κ3) is 6.55. The summed E-state index contributed by atoms with van der Waals surface area (Å²) >= 11 is 0. The number of carbonyl (C=O) groups is 1. The number of nitrogens with one attached hydrogen (secondary N) is 1. The number of amides is 1. The van der Waals surface area contributed by atoms with Gasteiger partial charge in [0.15, 0.2) is 0 Å². The summed E-state index contributed by atoms with van der Waals surface area (Å²) in [7, 11) is -2.11. The Balaban J connectivity index is 1.96. The van der Waals surface area contributed by atoms with Crippen LogP contribution < -0.4 is 4.72 Å². The van der Waals surface area contributed by atoms with Crippen molar-refractivity contribution < 1.29 is 22.7 Å². The molecular weight excluding hydrogens is 380 g/mol. The Labute approximate surface area is 168 Å². The molecule has 1 aromatic rings. The molecule has 1 atom stereocenters. The number of carbonyl (C=O) groups excluding carboxylic acids is 1. The molecule has 0 saturated carbocycles. The van der Waals surface area contributed by atoms with Crippen molar-refractivity contribution in [2.75, 3.05) is 33.4 Å². The zero-order valence-electron chi connectivity index (χ0n) is 17.2. The molecule has 1 amide bonds. The summed E-state index contributed by atoms with van der Waals surface area (Å²) in [5, 5.41) is 0. The molecule has 0 aliphatic carbocycles. The van der Waals surface area contributed by atoms with Crippen LogP contribution in [0.1, 0.15) is 32.3 Å². The molecule has 1 aliphatic heterocycles. The highest BCUT2D eigenvalue weighted by molar-refractivity contribution is 7.89. The quantitative estimate of drug-likeness (QED) is 0.562. The third-order valence-corrected chi connectivity index (χ3v) is 6.13. The van der Waals surface area contributed by atoms with Crippen LogP contribution in [-0.2, 0) is 24.3 Å². The van der Waals surface area contributed by atoms with E-state index >= 15 is 0 Å². The Morgan fingerprint density at radius 3 is 2.43 bits per heavy atom. The Morgan fingerprint density at radius 2 is 1.86 bits per heavy atom. The van der Waals surface area contributed by atoms with Gasteiger partial charge < -0.3 is 14.4 Å². The third-order valence-electron chi connectivity index (χ3n) is 4.64. The largest absolute Gasteiger partial charge is 0.385 e. The van der Waals surface area contributed by atoms with Gasteiger partial charge >= 0.3 is 0 Å². The zero-order chi connectivity index (χ0) is 20.7. The Morgan fingerprint density at radius 1 is 1.21 bits per heavy atom. The molecule has 7 nitrogen and oxygen atoms in total. The van der Waals surface area contributed by atoms with E-state index in [4.69, 9.17) is 9.47 Å². The van der Waals surface area contributed by atoms with E-state index in [2.05, 4.69) is 4.72 Å². The number of benzene rings is 1. The van der Waals surface area contributed by atoms with Crippen molar-refractivity contribution in [3.05, 3.63) is 29.8 Å². The molecule has 0 aromatic heterocycles. The van der Waals surface area contributed by atoms with Gasteiger partial charge in [0, 0.05) is 33.4 Å². The Kier molecular flexibility index (Phi) is 8.42. The van der Waals surface area contributed by atoms with Crippen molar-refractivity contribution >= 4 is 15.9 Å². The fourth-order valence-corrected chi connectivity index (χ4v) is 4.24. The second kappa shape index (κ2) is 10.3. The van der Waals surface area contributed by atoms with Crippen molar-refractivity contribution in [1.82, 2.24) is 9.62 Å². The summed E-state index contributed by atoms with van der Waals surface area (Å²) in [6.07, 6.45) is 1.27. The summed E-state index contributed by atoms with van der Waals surface area (Å²) < 4.78 is 38.7. The van der Waals surface area contributed by atoms with Crippen LogP contribution >= 0.6 is 0 Å². The molecular formula is C20H32N2O5S. The second-order valence-corrected chi connectivity index (χ2v) is 9.41. The molecule has 28 heavy (non-hydrogen) atoms. The fourth-order valence-electron chi connectivity index (χ4n) is 3.04. The minimum atomic E-state index is -3.76. The molecule has 0 unspecified atom stereocenters. The van der Waals surface area contributed by atoms with Crippen molar-refractivity contribution in [2.45, 2.75) is 50.7 Å². The van der Waals surface area contributed by atoms with Crippen LogP contribution in [0.2, 0.25) is 0 Å². The number of aryl methyl sites for hydroxylation is 1. The molecule has 2 rings (SSSR count). The first-order valence-corrected chi connectivity index (χ1v) is 11.2. The van der Waals surface area contributed by atoms with Gasteiger partial charge in [0.25, 0.3) is 0 Å². The van der Waals surface area contributed by atoms with Gasteiger partial charge in [0.2, 0.25) is 15.9 Å². The van der Waals surface area contributed by atoms with Crippen LogP contribution in [0.15, 0.2) is 29.2 Å². The number of hydrogen-bond donors (Lipinski definition) is 1. The monoisotopic (exact) mass is 412 g/mol. The summed E-state index contributed by atoms with van der Waals surface area (Å²) in [4.78, 5) is 14.7. The van der Waals surface area contributed by atoms with Crippen molar-refractivity contribution in [1.29, 1.82) is 0 Å². The van der Waals surface area contributed by atoms with Gasteiger partial charge in [0.05, 0.1) is 11.0 Å². The first-order valence-electron chi connectivity index (χ1n) is 9.71. The number of ether oxygens (including phenoxy) is 2. The number of hydrogen-bond acceptors (Lipinski definition) is 5. The number of sulfonamides is 1. The molecule has 1 saturated heterocycles. The molecule has 1 aliphatic rings. The van der Waals surface area contributed by atoms with Gasteiger partial charge in [-0.15, -0.1) is 0 Å². The van der Waals surface area contributed by atoms with E-state index in [1.807, 2.05) is 20.8 Å². The minimum absolute atomic E-state index is 0.00853. The topological polar surface area (TPSA) is 84.9 Å². The van der Waals surface area contributed by atoms with Gasteiger partial charge in [-0.2, -0.15) is 4.72 Å². The van der Waals surface area contributed by atoms with Gasteiger partial charge in [0.1, 0.15) is 6.04 Å². The molecule has 1 N–H and O–H groups in total. The van der Waals surface area contributed by atoms with E-state index in [0.29, 0.717) is 32.7 Å². The van der Waals surface area contributed by atoms with E-state index < -0.39 is 16.1 Å². The lowest BCUT2D eigenvalue weighted by Crippen LogP contribution is -2.60. The Bertz CT molecular complexity index is 727. The molecule has 0 bridgehead atoms. The molecule has 1 heterocycles. The summed E-state index contributed by atoms with van der Waals surface area (Å²) in [6.45, 7) is 8.06. The molecule has 1 fully saturated rings. The van der Waals surface area contributed by atoms with Gasteiger partial charge in [-0.25, -0.2) is 8.42 Å². The normalized spacial score (nSPS) is 16.2. The van der Waals surface area contributed by atoms with E-state index in [1.54, 1.807) is 36.3 Å². The van der Waals surface area contributed by atoms with Crippen LogP contribution in [0.4, 0.5) is 0 Å². The molecule has 0 radical (unpaired) electrons. The standard InChI is InChI=1S/C20H32N2O5S/c1-15(2)12-19(21-28(24,25)18-8-6-16(3)7-9-18)20(23)22-13-17(14-22)27-11-5-10-26-4/h6-9,15,17,19,21H,5,10-14H2,1-4H3/t19-/m0/s1. The average molecular weight is 413 g/mol. The van der Waals surface area contributed by atoms with Gasteiger partial charge in [-0.3, -0.25) is 4.79 Å². The highest BCUT2D eigenvalue weighted by atomic mass is 32.2. The maximum Gasteiger partial charge on any atom is 0.241 e. The Hall–Kier alpha value is -1.48. The predicted molar refractivity (Wildman–Crippen MR) is 108 cm³/mol. The second-order valence-electron chi connectivity index (χ2n) is 7.70. The lowest BCUT2D eigenvalue weighted by Gasteiger charge is -2.41. The van der Waals surface area contributed by atoms with E-state index in [0.717, 1.165) is 12.0 Å². The highest BCUT2D eigenvalue weighted by Crippen LogP contribution is 2.19. The summed E-state index contributed by atoms with van der Waals surface area (Å²) in [6, 6.07) is 5.83. The van der Waals surface area contributed by atoms with Crippen molar-refractivity contribution in [3.8, 4) is 0 Å². The predicted octanol–water partition coefficient (Wildman–Crippen LogP) is 1.95. The lowest BCUT2D eigenvalue weighted by atomic mass is 10.0. The van der Waals surface area contributed by atoms with E-state index in [-0.39, 0.29) is 22.8 Å². The molecule has 0 spiro atoms.